The molecule has 5 nitrogen and oxygen atoms in total. The molecule has 0 rings (SSSR count). The number of likely N-dealkylation sites (N-methyl/N-ethyl adjacent to an activating group) is 1. The van der Waals surface area contributed by atoms with E-state index < -0.39 is 10.2 Å². The molecule has 0 atom stereocenters. The Morgan fingerprint density at radius 3 is 2.31 bits per heavy atom. The molecule has 0 heterocycles. The second kappa shape index (κ2) is 6.31. The van der Waals surface area contributed by atoms with Gasteiger partial charge in [0.15, 0.2) is 0 Å². The first-order valence-corrected chi connectivity index (χ1v) is 5.94. The van der Waals surface area contributed by atoms with E-state index in [1.807, 2.05) is 6.92 Å². The van der Waals surface area contributed by atoms with Crippen molar-refractivity contribution < 1.29 is 8.42 Å². The van der Waals surface area contributed by atoms with Crippen LogP contribution in [0.4, 0.5) is 0 Å². The molecule has 0 spiro atoms. The number of hydrogen-bond acceptors (Lipinski definition) is 3. The first-order chi connectivity index (χ1) is 5.98. The quantitative estimate of drug-likeness (QED) is 0.492. The van der Waals surface area contributed by atoms with Gasteiger partial charge in [0.05, 0.1) is 0 Å². The van der Waals surface area contributed by atoms with Gasteiger partial charge in [-0.3, -0.25) is 0 Å². The lowest BCUT2D eigenvalue weighted by Gasteiger charge is -2.10. The van der Waals surface area contributed by atoms with E-state index in [2.05, 4.69) is 14.8 Å². The summed E-state index contributed by atoms with van der Waals surface area (Å²) >= 11 is 0. The average Bonchev–Trinajstić information content (AvgIpc) is 1.95. The van der Waals surface area contributed by atoms with E-state index in [9.17, 15) is 8.42 Å². The van der Waals surface area contributed by atoms with Crippen molar-refractivity contribution in [2.45, 2.75) is 26.8 Å². The van der Waals surface area contributed by atoms with Crippen LogP contribution in [0.2, 0.25) is 0 Å². The zero-order chi connectivity index (χ0) is 10.3. The SMILES string of the molecule is CCNCCNS(=O)(=O)NC(C)C. The molecule has 0 aromatic carbocycles. The highest BCUT2D eigenvalue weighted by atomic mass is 32.2. The summed E-state index contributed by atoms with van der Waals surface area (Å²) < 4.78 is 27.2. The summed E-state index contributed by atoms with van der Waals surface area (Å²) in [6.45, 7) is 7.44. The van der Waals surface area contributed by atoms with Gasteiger partial charge in [-0.15, -0.1) is 0 Å². The Kier molecular flexibility index (Phi) is 6.23. The Labute approximate surface area is 80.5 Å². The van der Waals surface area contributed by atoms with Crippen LogP contribution in [0.3, 0.4) is 0 Å². The average molecular weight is 209 g/mol. The Bertz CT molecular complexity index is 214. The van der Waals surface area contributed by atoms with Crippen molar-refractivity contribution in [3.63, 3.8) is 0 Å². The van der Waals surface area contributed by atoms with Crippen molar-refractivity contribution in [2.75, 3.05) is 19.6 Å². The van der Waals surface area contributed by atoms with Gasteiger partial charge in [-0.1, -0.05) is 6.92 Å². The van der Waals surface area contributed by atoms with E-state index >= 15 is 0 Å². The fourth-order valence-electron chi connectivity index (χ4n) is 0.803. The predicted molar refractivity (Wildman–Crippen MR) is 53.7 cm³/mol. The highest BCUT2D eigenvalue weighted by molar-refractivity contribution is 7.87. The molecule has 0 aliphatic carbocycles. The van der Waals surface area contributed by atoms with Gasteiger partial charge in [0.1, 0.15) is 0 Å². The normalized spacial score (nSPS) is 12.3. The first kappa shape index (κ1) is 12.8. The summed E-state index contributed by atoms with van der Waals surface area (Å²) in [5.41, 5.74) is 0. The summed E-state index contributed by atoms with van der Waals surface area (Å²) in [6, 6.07) is -0.0726. The van der Waals surface area contributed by atoms with Crippen molar-refractivity contribution in [1.29, 1.82) is 0 Å². The van der Waals surface area contributed by atoms with Gasteiger partial charge in [0.2, 0.25) is 0 Å². The molecule has 0 fully saturated rings. The smallest absolute Gasteiger partial charge is 0.277 e. The largest absolute Gasteiger partial charge is 0.316 e. The Balaban J connectivity index is 3.64. The first-order valence-electron chi connectivity index (χ1n) is 4.45. The third-order valence-corrected chi connectivity index (χ3v) is 2.60. The zero-order valence-corrected chi connectivity index (χ0v) is 9.24. The minimum atomic E-state index is -3.30. The van der Waals surface area contributed by atoms with Crippen LogP contribution in [0.1, 0.15) is 20.8 Å². The van der Waals surface area contributed by atoms with Crippen LogP contribution in [0.25, 0.3) is 0 Å². The van der Waals surface area contributed by atoms with Gasteiger partial charge in [-0.2, -0.15) is 13.1 Å². The van der Waals surface area contributed by atoms with Crippen LogP contribution in [0.15, 0.2) is 0 Å². The van der Waals surface area contributed by atoms with Gasteiger partial charge in [-0.25, -0.2) is 4.72 Å². The van der Waals surface area contributed by atoms with E-state index in [4.69, 9.17) is 0 Å². The van der Waals surface area contributed by atoms with E-state index in [-0.39, 0.29) is 6.04 Å². The molecule has 0 aliphatic rings. The molecule has 80 valence electrons. The molecule has 3 N–H and O–H groups in total. The zero-order valence-electron chi connectivity index (χ0n) is 8.42. The van der Waals surface area contributed by atoms with Crippen molar-refractivity contribution in [1.82, 2.24) is 14.8 Å². The minimum absolute atomic E-state index is 0.0726. The van der Waals surface area contributed by atoms with Crippen LogP contribution in [0, 0.1) is 0 Å². The summed E-state index contributed by atoms with van der Waals surface area (Å²) in [4.78, 5) is 0. The summed E-state index contributed by atoms with van der Waals surface area (Å²) in [6.07, 6.45) is 0. The second-order valence-electron chi connectivity index (χ2n) is 3.02. The third kappa shape index (κ3) is 8.17. The van der Waals surface area contributed by atoms with E-state index in [1.165, 1.54) is 0 Å². The fourth-order valence-corrected chi connectivity index (χ4v) is 1.88. The number of rotatable bonds is 7. The van der Waals surface area contributed by atoms with Crippen molar-refractivity contribution >= 4 is 10.2 Å². The summed E-state index contributed by atoms with van der Waals surface area (Å²) in [7, 11) is -3.30. The highest BCUT2D eigenvalue weighted by Crippen LogP contribution is 1.81. The minimum Gasteiger partial charge on any atom is -0.316 e. The molecule has 0 saturated carbocycles. The molecule has 0 unspecified atom stereocenters. The summed E-state index contributed by atoms with van der Waals surface area (Å²) in [5, 5.41) is 3.02. The molecule has 0 radical (unpaired) electrons. The fraction of sp³-hybridized carbons (Fsp3) is 1.00. The van der Waals surface area contributed by atoms with E-state index in [0.29, 0.717) is 13.1 Å². The topological polar surface area (TPSA) is 70.2 Å². The lowest BCUT2D eigenvalue weighted by Crippen LogP contribution is -2.42. The van der Waals surface area contributed by atoms with E-state index in [0.717, 1.165) is 6.54 Å². The molecule has 13 heavy (non-hydrogen) atoms. The molecular formula is C7H19N3O2S. The third-order valence-electron chi connectivity index (χ3n) is 1.23. The number of hydrogen-bond donors (Lipinski definition) is 3. The maximum absolute atomic E-state index is 11.2. The van der Waals surface area contributed by atoms with Crippen LogP contribution in [0.5, 0.6) is 0 Å². The molecule has 0 amide bonds. The lowest BCUT2D eigenvalue weighted by molar-refractivity contribution is 0.552. The summed E-state index contributed by atoms with van der Waals surface area (Å²) in [5.74, 6) is 0. The molecule has 0 bridgehead atoms. The van der Waals surface area contributed by atoms with Gasteiger partial charge in [-0.05, 0) is 20.4 Å². The van der Waals surface area contributed by atoms with Crippen molar-refractivity contribution in [2.24, 2.45) is 0 Å². The standard InChI is InChI=1S/C7H19N3O2S/c1-4-8-5-6-9-13(11,12)10-7(2)3/h7-10H,4-6H2,1-3H3. The Hall–Kier alpha value is -0.170. The van der Waals surface area contributed by atoms with Gasteiger partial charge in [0, 0.05) is 19.1 Å². The molecule has 0 aliphatic heterocycles. The lowest BCUT2D eigenvalue weighted by atomic mass is 10.4. The van der Waals surface area contributed by atoms with E-state index in [1.54, 1.807) is 13.8 Å². The van der Waals surface area contributed by atoms with Crippen molar-refractivity contribution in [3.8, 4) is 0 Å². The van der Waals surface area contributed by atoms with Crippen LogP contribution < -0.4 is 14.8 Å². The molecule has 0 aromatic rings. The van der Waals surface area contributed by atoms with Crippen LogP contribution in [-0.2, 0) is 10.2 Å². The molecule has 0 saturated heterocycles. The van der Waals surface area contributed by atoms with Gasteiger partial charge in [0.25, 0.3) is 10.2 Å². The monoisotopic (exact) mass is 209 g/mol. The van der Waals surface area contributed by atoms with Gasteiger partial charge < -0.3 is 5.32 Å². The predicted octanol–water partition coefficient (Wildman–Crippen LogP) is -0.572. The van der Waals surface area contributed by atoms with Crippen molar-refractivity contribution in [3.05, 3.63) is 0 Å². The van der Waals surface area contributed by atoms with Gasteiger partial charge >= 0.3 is 0 Å². The Morgan fingerprint density at radius 2 is 1.85 bits per heavy atom. The maximum Gasteiger partial charge on any atom is 0.277 e. The maximum atomic E-state index is 11.2. The van der Waals surface area contributed by atoms with Crippen LogP contribution >= 0.6 is 0 Å². The number of nitrogens with one attached hydrogen (secondary N) is 3. The Morgan fingerprint density at radius 1 is 1.23 bits per heavy atom. The van der Waals surface area contributed by atoms with Crippen LogP contribution in [-0.4, -0.2) is 34.1 Å². The second-order valence-corrected chi connectivity index (χ2v) is 4.56. The molecular weight excluding hydrogens is 190 g/mol. The molecule has 0 aromatic heterocycles. The molecule has 6 heteroatoms. The highest BCUT2D eigenvalue weighted by Gasteiger charge is 2.08.